The molecular formula is C20H28O. The third-order valence-corrected chi connectivity index (χ3v) is 4.28. The summed E-state index contributed by atoms with van der Waals surface area (Å²) in [4.78, 5) is 10.6. The molecule has 0 radical (unpaired) electrons. The summed E-state index contributed by atoms with van der Waals surface area (Å²) in [6.07, 6.45) is 17.0. The molecule has 0 N–H and O–H groups in total. The van der Waals surface area contributed by atoms with E-state index < -0.39 is 0 Å². The van der Waals surface area contributed by atoms with Crippen LogP contribution in [0.2, 0.25) is 0 Å². The Kier molecular flexibility index (Phi) is 6.61. The van der Waals surface area contributed by atoms with Crippen molar-refractivity contribution in [2.45, 2.75) is 53.9 Å². The Labute approximate surface area is 129 Å². The Morgan fingerprint density at radius 2 is 1.71 bits per heavy atom. The molecule has 0 aromatic carbocycles. The number of aldehydes is 1. The highest BCUT2D eigenvalue weighted by Gasteiger charge is 2.26. The average Bonchev–Trinajstić information content (AvgIpc) is 2.43. The van der Waals surface area contributed by atoms with Gasteiger partial charge in [0.05, 0.1) is 0 Å². The van der Waals surface area contributed by atoms with Crippen molar-refractivity contribution < 1.29 is 4.79 Å². The molecule has 0 spiro atoms. The number of allylic oxidation sites excluding steroid dienone is 10. The fraction of sp³-hybridized carbons (Fsp3) is 0.450. The van der Waals surface area contributed by atoms with Gasteiger partial charge in [-0.2, -0.15) is 0 Å². The second-order valence-electron chi connectivity index (χ2n) is 6.52. The maximum atomic E-state index is 10.6. The summed E-state index contributed by atoms with van der Waals surface area (Å²) >= 11 is 0. The summed E-state index contributed by atoms with van der Waals surface area (Å²) in [5.74, 6) is 0. The van der Waals surface area contributed by atoms with Gasteiger partial charge in [-0.05, 0) is 62.2 Å². The molecule has 0 atom stereocenters. The molecule has 0 heterocycles. The highest BCUT2D eigenvalue weighted by atomic mass is 16.1. The number of carbonyl (C=O) groups excluding carboxylic acids is 1. The van der Waals surface area contributed by atoms with Gasteiger partial charge in [-0.25, -0.2) is 0 Å². The van der Waals surface area contributed by atoms with E-state index in [9.17, 15) is 4.79 Å². The minimum Gasteiger partial charge on any atom is -0.298 e. The van der Waals surface area contributed by atoms with E-state index in [4.69, 9.17) is 0 Å². The first-order valence-electron chi connectivity index (χ1n) is 7.73. The molecule has 1 aliphatic rings. The van der Waals surface area contributed by atoms with Crippen molar-refractivity contribution >= 4 is 6.29 Å². The second-order valence-corrected chi connectivity index (χ2v) is 6.52. The maximum absolute atomic E-state index is 10.6. The van der Waals surface area contributed by atoms with E-state index in [1.165, 1.54) is 30.4 Å². The number of hydrogen-bond donors (Lipinski definition) is 0. The summed E-state index contributed by atoms with van der Waals surface area (Å²) in [5.41, 5.74) is 5.08. The number of hydrogen-bond acceptors (Lipinski definition) is 1. The molecule has 0 amide bonds. The van der Waals surface area contributed by atoms with Crippen LogP contribution >= 0.6 is 0 Å². The van der Waals surface area contributed by atoms with Crippen molar-refractivity contribution in [2.75, 3.05) is 0 Å². The SMILES string of the molecule is CC(C=O)=C(C)C=CC=CC=CC1=C(C)CCCC1(C)C. The van der Waals surface area contributed by atoms with Crippen LogP contribution in [-0.4, -0.2) is 6.29 Å². The molecule has 1 nitrogen and oxygen atoms in total. The van der Waals surface area contributed by atoms with Crippen LogP contribution in [0.25, 0.3) is 0 Å². The molecule has 114 valence electrons. The van der Waals surface area contributed by atoms with Crippen molar-refractivity contribution in [3.8, 4) is 0 Å². The first-order valence-corrected chi connectivity index (χ1v) is 7.73. The molecule has 0 fully saturated rings. The molecule has 0 aromatic heterocycles. The standard InChI is InChI=1S/C20H28O/c1-16(18(3)15-21)11-8-6-7-9-13-19-17(2)12-10-14-20(19,4)5/h6-9,11,13,15H,10,12,14H2,1-5H3. The highest BCUT2D eigenvalue weighted by molar-refractivity contribution is 5.74. The predicted octanol–water partition coefficient (Wildman–Crippen LogP) is 5.72. The van der Waals surface area contributed by atoms with Crippen LogP contribution in [0, 0.1) is 5.41 Å². The lowest BCUT2D eigenvalue weighted by Crippen LogP contribution is -2.18. The second kappa shape index (κ2) is 7.97. The Balaban J connectivity index is 2.69. The summed E-state index contributed by atoms with van der Waals surface area (Å²) in [6.45, 7) is 10.7. The fourth-order valence-corrected chi connectivity index (χ4v) is 2.71. The Morgan fingerprint density at radius 3 is 2.33 bits per heavy atom. The molecule has 0 bridgehead atoms. The Morgan fingerprint density at radius 1 is 1.05 bits per heavy atom. The topological polar surface area (TPSA) is 17.1 Å². The van der Waals surface area contributed by atoms with E-state index >= 15 is 0 Å². The lowest BCUT2D eigenvalue weighted by atomic mass is 9.73. The summed E-state index contributed by atoms with van der Waals surface area (Å²) in [5, 5.41) is 0. The largest absolute Gasteiger partial charge is 0.298 e. The molecule has 0 saturated carbocycles. The van der Waals surface area contributed by atoms with Crippen molar-refractivity contribution in [3.05, 3.63) is 58.7 Å². The molecule has 0 saturated heterocycles. The van der Waals surface area contributed by atoms with E-state index in [1.807, 2.05) is 38.2 Å². The zero-order chi connectivity index (χ0) is 15.9. The van der Waals surface area contributed by atoms with Gasteiger partial charge in [-0.1, -0.05) is 55.9 Å². The maximum Gasteiger partial charge on any atom is 0.146 e. The lowest BCUT2D eigenvalue weighted by molar-refractivity contribution is -0.104. The van der Waals surface area contributed by atoms with Crippen LogP contribution in [0.3, 0.4) is 0 Å². The monoisotopic (exact) mass is 284 g/mol. The van der Waals surface area contributed by atoms with Crippen molar-refractivity contribution in [1.82, 2.24) is 0 Å². The van der Waals surface area contributed by atoms with Gasteiger partial charge in [0.1, 0.15) is 6.29 Å². The Bertz CT molecular complexity index is 522. The zero-order valence-electron chi connectivity index (χ0n) is 14.1. The van der Waals surface area contributed by atoms with Crippen LogP contribution in [0.5, 0.6) is 0 Å². The van der Waals surface area contributed by atoms with E-state index in [0.717, 1.165) is 17.4 Å². The Hall–Kier alpha value is -1.63. The van der Waals surface area contributed by atoms with E-state index in [1.54, 1.807) is 0 Å². The van der Waals surface area contributed by atoms with E-state index in [2.05, 4.69) is 32.9 Å². The van der Waals surface area contributed by atoms with Gasteiger partial charge in [0.25, 0.3) is 0 Å². The summed E-state index contributed by atoms with van der Waals surface area (Å²) in [6, 6.07) is 0. The minimum atomic E-state index is 0.295. The van der Waals surface area contributed by atoms with Gasteiger partial charge >= 0.3 is 0 Å². The molecule has 21 heavy (non-hydrogen) atoms. The zero-order valence-corrected chi connectivity index (χ0v) is 14.1. The smallest absolute Gasteiger partial charge is 0.146 e. The normalized spacial score (nSPS) is 20.6. The lowest BCUT2D eigenvalue weighted by Gasteiger charge is -2.32. The molecule has 0 unspecified atom stereocenters. The van der Waals surface area contributed by atoms with Gasteiger partial charge in [0.15, 0.2) is 0 Å². The van der Waals surface area contributed by atoms with Crippen molar-refractivity contribution in [3.63, 3.8) is 0 Å². The van der Waals surface area contributed by atoms with Crippen molar-refractivity contribution in [2.24, 2.45) is 5.41 Å². The fourth-order valence-electron chi connectivity index (χ4n) is 2.71. The first-order chi connectivity index (χ1) is 9.88. The number of carbonyl (C=O) groups is 1. The third kappa shape index (κ3) is 5.34. The summed E-state index contributed by atoms with van der Waals surface area (Å²) in [7, 11) is 0. The predicted molar refractivity (Wildman–Crippen MR) is 92.2 cm³/mol. The third-order valence-electron chi connectivity index (χ3n) is 4.28. The molecule has 1 rings (SSSR count). The van der Waals surface area contributed by atoms with Gasteiger partial charge in [-0.3, -0.25) is 4.79 Å². The highest BCUT2D eigenvalue weighted by Crippen LogP contribution is 2.40. The van der Waals surface area contributed by atoms with Gasteiger partial charge in [-0.15, -0.1) is 0 Å². The van der Waals surface area contributed by atoms with Crippen LogP contribution in [0.15, 0.2) is 58.7 Å². The van der Waals surface area contributed by atoms with Crippen molar-refractivity contribution in [1.29, 1.82) is 0 Å². The number of rotatable bonds is 5. The first kappa shape index (κ1) is 17.4. The molecule has 1 heteroatoms. The van der Waals surface area contributed by atoms with Gasteiger partial charge < -0.3 is 0 Å². The average molecular weight is 284 g/mol. The van der Waals surface area contributed by atoms with Crippen LogP contribution in [0.1, 0.15) is 53.9 Å². The van der Waals surface area contributed by atoms with E-state index in [0.29, 0.717) is 5.41 Å². The quantitative estimate of drug-likeness (QED) is 0.358. The minimum absolute atomic E-state index is 0.295. The summed E-state index contributed by atoms with van der Waals surface area (Å²) < 4.78 is 0. The van der Waals surface area contributed by atoms with Gasteiger partial charge in [0.2, 0.25) is 0 Å². The molecule has 0 aromatic rings. The van der Waals surface area contributed by atoms with Crippen LogP contribution in [-0.2, 0) is 4.79 Å². The van der Waals surface area contributed by atoms with E-state index in [-0.39, 0.29) is 0 Å². The van der Waals surface area contributed by atoms with Gasteiger partial charge in [0, 0.05) is 0 Å². The van der Waals surface area contributed by atoms with Crippen LogP contribution < -0.4 is 0 Å². The molecule has 1 aliphatic carbocycles. The molecule has 0 aliphatic heterocycles. The van der Waals surface area contributed by atoms with Crippen LogP contribution in [0.4, 0.5) is 0 Å². The molecular weight excluding hydrogens is 256 g/mol.